The molecule has 0 spiro atoms. The molecule has 0 aliphatic rings. The van der Waals surface area contributed by atoms with Gasteiger partial charge in [-0.2, -0.15) is 0 Å². The van der Waals surface area contributed by atoms with Crippen molar-refractivity contribution in [2.75, 3.05) is 0 Å². The second kappa shape index (κ2) is 15.3. The van der Waals surface area contributed by atoms with Crippen molar-refractivity contribution in [2.24, 2.45) is 0 Å². The van der Waals surface area contributed by atoms with Gasteiger partial charge in [0.1, 0.15) is 0 Å². The lowest BCUT2D eigenvalue weighted by Crippen LogP contribution is -2.33. The summed E-state index contributed by atoms with van der Waals surface area (Å²) in [5.41, 5.74) is 0. The third kappa shape index (κ3) is 10.7. The quantitative estimate of drug-likeness (QED) is 0.0794. The Balaban J connectivity index is 0.000000360. The molecule has 15 N–H and O–H groups in total. The summed E-state index contributed by atoms with van der Waals surface area (Å²) in [4.78, 5) is 116. The van der Waals surface area contributed by atoms with Gasteiger partial charge in [0.2, 0.25) is 0 Å². The molecule has 0 aliphatic carbocycles. The third-order valence-corrected chi connectivity index (χ3v) is 16.8. The minimum Gasteiger partial charge on any atom is -0.366 e. The van der Waals surface area contributed by atoms with Crippen molar-refractivity contribution < 1.29 is 101 Å². The summed E-state index contributed by atoms with van der Waals surface area (Å²) in [6, 6.07) is 0. The van der Waals surface area contributed by atoms with E-state index in [9.17, 15) is 42.7 Å². The monoisotopic (exact) mass is 816 g/mol. The predicted molar refractivity (Wildman–Crippen MR) is 154 cm³/mol. The fourth-order valence-electron chi connectivity index (χ4n) is 2.94. The van der Waals surface area contributed by atoms with Crippen molar-refractivity contribution in [3.63, 3.8) is 0 Å². The Labute approximate surface area is 266 Å². The SMILES string of the molecule is O=P(O)(O)C(O)(Cn1ccnc1)P(=O)(O)O.O=P(O)(O)C(O)(Cn1ccnc1)P(=O)(O)O.O=P(O)(O)C(O)(Cn1ccnc1)P(=O)(O)O. The molecule has 276 valence electrons. The number of aliphatic hydroxyl groups is 3. The Kier molecular flexibility index (Phi) is 14.2. The lowest BCUT2D eigenvalue weighted by atomic mass is 10.6. The molecule has 0 saturated heterocycles. The first-order valence-corrected chi connectivity index (χ1v) is 21.3. The zero-order chi connectivity index (χ0) is 37.8. The average molecular weight is 816 g/mol. The number of rotatable bonds is 12. The maximum absolute atomic E-state index is 10.9. The van der Waals surface area contributed by atoms with Crippen molar-refractivity contribution in [1.29, 1.82) is 0 Å². The molecule has 3 heterocycles. The van der Waals surface area contributed by atoms with Crippen LogP contribution >= 0.6 is 45.6 Å². The molecule has 3 rings (SSSR count). The normalized spacial score (nSPS) is 14.1. The number of nitrogens with zero attached hydrogens (tertiary/aromatic N) is 6. The molecule has 0 aromatic carbocycles. The zero-order valence-electron chi connectivity index (χ0n) is 23.3. The second-order valence-electron chi connectivity index (χ2n) is 9.29. The highest BCUT2D eigenvalue weighted by Gasteiger charge is 2.61. The summed E-state index contributed by atoms with van der Waals surface area (Å²) in [7, 11) is -32.4. The summed E-state index contributed by atoms with van der Waals surface area (Å²) < 4.78 is 68.5. The fraction of sp³-hybridized carbons (Fsp3) is 0.400. The van der Waals surface area contributed by atoms with Crippen LogP contribution in [-0.4, -0.2) is 118 Å². The van der Waals surface area contributed by atoms with Crippen molar-refractivity contribution in [1.82, 2.24) is 28.7 Å². The predicted octanol–water partition coefficient (Wildman–Crippen LogP) is -3.35. The molecule has 0 atom stereocenters. The van der Waals surface area contributed by atoms with Gasteiger partial charge in [-0.25, -0.2) is 15.0 Å². The van der Waals surface area contributed by atoms with E-state index in [0.717, 1.165) is 32.7 Å². The molecule has 0 saturated carbocycles. The van der Waals surface area contributed by atoms with Gasteiger partial charge in [0.15, 0.2) is 0 Å². The summed E-state index contributed by atoms with van der Waals surface area (Å²) in [6.07, 6.45) is 10.5. The van der Waals surface area contributed by atoms with E-state index in [1.165, 1.54) is 37.2 Å². The summed E-state index contributed by atoms with van der Waals surface area (Å²) in [6.45, 7) is -2.87. The molecule has 33 heteroatoms. The summed E-state index contributed by atoms with van der Waals surface area (Å²) in [5.74, 6) is 0. The van der Waals surface area contributed by atoms with Gasteiger partial charge in [-0.1, -0.05) is 0 Å². The van der Waals surface area contributed by atoms with Gasteiger partial charge in [0.05, 0.1) is 38.6 Å². The molecular weight excluding hydrogens is 786 g/mol. The number of aromatic nitrogens is 6. The highest BCUT2D eigenvalue weighted by molar-refractivity contribution is 7.73. The van der Waals surface area contributed by atoms with Crippen LogP contribution in [0.15, 0.2) is 56.2 Å². The van der Waals surface area contributed by atoms with Crippen molar-refractivity contribution in [3.05, 3.63) is 56.2 Å². The maximum Gasteiger partial charge on any atom is 0.371 e. The highest BCUT2D eigenvalue weighted by atomic mass is 31.3. The van der Waals surface area contributed by atoms with Crippen LogP contribution in [0.3, 0.4) is 0 Å². The van der Waals surface area contributed by atoms with Crippen LogP contribution in [0.4, 0.5) is 0 Å². The number of imidazole rings is 3. The van der Waals surface area contributed by atoms with E-state index < -0.39 is 80.5 Å². The zero-order valence-corrected chi connectivity index (χ0v) is 28.7. The van der Waals surface area contributed by atoms with Crippen LogP contribution in [0.25, 0.3) is 0 Å². The van der Waals surface area contributed by atoms with Gasteiger partial charge in [-0.15, -0.1) is 0 Å². The topological polar surface area (TPSA) is 459 Å². The molecule has 0 radical (unpaired) electrons. The van der Waals surface area contributed by atoms with Crippen LogP contribution in [0.2, 0.25) is 0 Å². The third-order valence-electron chi connectivity index (χ3n) is 5.66. The van der Waals surface area contributed by atoms with E-state index >= 15 is 0 Å². The lowest BCUT2D eigenvalue weighted by Gasteiger charge is -2.29. The molecule has 0 aliphatic heterocycles. The standard InChI is InChI=1S/3C5H10N2O7P2/c3*8-5(15(9,10)11,16(12,13)14)3-7-2-1-6-4-7/h3*1-2,4,8H,3H2,(H2,9,10,11)(H2,12,13,14). The molecule has 0 amide bonds. The molecule has 0 unspecified atom stereocenters. The Hall–Kier alpha value is -1.59. The minimum absolute atomic E-state index is 0.957. The van der Waals surface area contributed by atoms with Crippen LogP contribution < -0.4 is 0 Å². The first-order chi connectivity index (χ1) is 21.2. The molecule has 27 nitrogen and oxygen atoms in total. The van der Waals surface area contributed by atoms with E-state index in [2.05, 4.69) is 15.0 Å². The Morgan fingerprint density at radius 2 is 0.562 bits per heavy atom. The van der Waals surface area contributed by atoms with Gasteiger partial charge < -0.3 is 87.7 Å². The molecule has 3 aromatic heterocycles. The van der Waals surface area contributed by atoms with Crippen LogP contribution in [-0.2, 0) is 47.0 Å². The van der Waals surface area contributed by atoms with Gasteiger partial charge in [-0.05, 0) is 0 Å². The Morgan fingerprint density at radius 1 is 0.396 bits per heavy atom. The van der Waals surface area contributed by atoms with E-state index in [-0.39, 0.29) is 0 Å². The van der Waals surface area contributed by atoms with Crippen molar-refractivity contribution >= 4 is 45.6 Å². The van der Waals surface area contributed by atoms with E-state index in [1.54, 1.807) is 0 Å². The first kappa shape index (κ1) is 44.4. The number of hydrogen-bond acceptors (Lipinski definition) is 12. The van der Waals surface area contributed by atoms with Gasteiger partial charge in [0.25, 0.3) is 15.2 Å². The van der Waals surface area contributed by atoms with Crippen molar-refractivity contribution in [2.45, 2.75) is 34.9 Å². The van der Waals surface area contributed by atoms with Crippen LogP contribution in [0, 0.1) is 0 Å². The number of hydrogen-bond donors (Lipinski definition) is 15. The second-order valence-corrected chi connectivity index (χ2v) is 21.3. The maximum atomic E-state index is 10.9. The molecule has 0 fully saturated rings. The van der Waals surface area contributed by atoms with Crippen molar-refractivity contribution in [3.8, 4) is 0 Å². The van der Waals surface area contributed by atoms with E-state index in [0.29, 0.717) is 0 Å². The Morgan fingerprint density at radius 3 is 0.667 bits per heavy atom. The van der Waals surface area contributed by atoms with Gasteiger partial charge in [0, 0.05) is 37.2 Å². The Bertz CT molecular complexity index is 1480. The van der Waals surface area contributed by atoms with E-state index in [4.69, 9.17) is 58.7 Å². The van der Waals surface area contributed by atoms with Crippen LogP contribution in [0.1, 0.15) is 0 Å². The van der Waals surface area contributed by atoms with Crippen LogP contribution in [0.5, 0.6) is 0 Å². The van der Waals surface area contributed by atoms with Gasteiger partial charge in [-0.3, -0.25) is 27.4 Å². The molecular formula is C15H30N6O21P6. The van der Waals surface area contributed by atoms with E-state index in [1.807, 2.05) is 0 Å². The largest absolute Gasteiger partial charge is 0.371 e. The molecule has 48 heavy (non-hydrogen) atoms. The lowest BCUT2D eigenvalue weighted by molar-refractivity contribution is 0.115. The molecule has 3 aromatic rings. The summed E-state index contributed by atoms with van der Waals surface area (Å²) in [5, 5.41) is 18.1. The first-order valence-electron chi connectivity index (χ1n) is 11.6. The highest BCUT2D eigenvalue weighted by Crippen LogP contribution is 2.69. The van der Waals surface area contributed by atoms with Gasteiger partial charge >= 0.3 is 45.6 Å². The minimum atomic E-state index is -5.41. The summed E-state index contributed by atoms with van der Waals surface area (Å²) >= 11 is 0. The fourth-order valence-corrected chi connectivity index (χ4v) is 9.10. The smallest absolute Gasteiger partial charge is 0.366 e. The molecule has 0 bridgehead atoms. The average Bonchev–Trinajstić information content (AvgIpc) is 3.65.